The van der Waals surface area contributed by atoms with Crippen LogP contribution < -0.4 is 9.84 Å². The molecule has 2 rings (SSSR count). The number of benzene rings is 2. The maximum atomic E-state index is 11.6. The van der Waals surface area contributed by atoms with Crippen molar-refractivity contribution in [3.8, 4) is 5.75 Å². The Bertz CT molecular complexity index is 808. The van der Waals surface area contributed by atoms with Crippen LogP contribution >= 0.6 is 7.82 Å². The number of carbonyl (C=O) groups excluding carboxylic acids is 1. The topological polar surface area (TPSA) is 95.9 Å². The quantitative estimate of drug-likeness (QED) is 0.537. The summed E-state index contributed by atoms with van der Waals surface area (Å²) in [6.45, 7) is 7.25. The summed E-state index contributed by atoms with van der Waals surface area (Å²) in [4.78, 5) is 29.2. The van der Waals surface area contributed by atoms with Gasteiger partial charge in [-0.15, -0.1) is 0 Å². The Morgan fingerprint density at radius 3 is 2.00 bits per heavy atom. The number of phosphoric acid groups is 1. The fraction of sp³-hybridized carbons (Fsp3) is 0.167. The van der Waals surface area contributed by atoms with Gasteiger partial charge < -0.3 is 9.84 Å². The Morgan fingerprint density at radius 1 is 1.08 bits per heavy atom. The molecule has 1 amide bonds. The van der Waals surface area contributed by atoms with Gasteiger partial charge in [0.15, 0.2) is 0 Å². The van der Waals surface area contributed by atoms with E-state index in [2.05, 4.69) is 16.4 Å². The van der Waals surface area contributed by atoms with Crippen LogP contribution in [0.2, 0.25) is 0 Å². The standard InChI is InChI=1S/C18H20NO5P/c1-12(2)18(20)19-16-8-4-14(5-9-16)13(3)15-6-10-17(11-7-15)24-25(21,22)23/h4-11,13H,1H2,2-3H3,(H,19,20)(H2,21,22,23). The van der Waals surface area contributed by atoms with Gasteiger partial charge in [0.05, 0.1) is 0 Å². The van der Waals surface area contributed by atoms with Crippen LogP contribution in [-0.4, -0.2) is 15.7 Å². The van der Waals surface area contributed by atoms with Crippen LogP contribution in [0.5, 0.6) is 5.75 Å². The molecule has 0 bridgehead atoms. The molecule has 2 aromatic carbocycles. The first kappa shape index (κ1) is 18.9. The molecule has 25 heavy (non-hydrogen) atoms. The molecular weight excluding hydrogens is 341 g/mol. The predicted molar refractivity (Wildman–Crippen MR) is 96.5 cm³/mol. The Hall–Kier alpha value is -2.40. The molecule has 7 heteroatoms. The van der Waals surface area contributed by atoms with Gasteiger partial charge in [0, 0.05) is 17.2 Å². The molecule has 132 valence electrons. The van der Waals surface area contributed by atoms with Gasteiger partial charge in [-0.3, -0.25) is 14.6 Å². The van der Waals surface area contributed by atoms with Crippen molar-refractivity contribution in [2.24, 2.45) is 0 Å². The molecule has 0 spiro atoms. The second kappa shape index (κ2) is 7.66. The molecule has 0 aromatic heterocycles. The number of carbonyl (C=O) groups is 1. The minimum Gasteiger partial charge on any atom is -0.404 e. The lowest BCUT2D eigenvalue weighted by molar-refractivity contribution is -0.112. The molecule has 0 aliphatic heterocycles. The zero-order chi connectivity index (χ0) is 18.6. The van der Waals surface area contributed by atoms with Crippen LogP contribution in [-0.2, 0) is 9.36 Å². The third-order valence-corrected chi connectivity index (χ3v) is 4.11. The summed E-state index contributed by atoms with van der Waals surface area (Å²) in [5.74, 6) is -0.0430. The molecule has 0 aliphatic rings. The molecule has 0 aliphatic carbocycles. The number of rotatable bonds is 6. The lowest BCUT2D eigenvalue weighted by Gasteiger charge is -2.14. The van der Waals surface area contributed by atoms with Gasteiger partial charge in [-0.25, -0.2) is 4.57 Å². The van der Waals surface area contributed by atoms with Gasteiger partial charge in [0.2, 0.25) is 0 Å². The number of hydrogen-bond donors (Lipinski definition) is 3. The summed E-state index contributed by atoms with van der Waals surface area (Å²) in [5, 5.41) is 2.75. The predicted octanol–water partition coefficient (Wildman–Crippen LogP) is 3.82. The van der Waals surface area contributed by atoms with E-state index in [-0.39, 0.29) is 17.6 Å². The van der Waals surface area contributed by atoms with Crippen molar-refractivity contribution in [2.75, 3.05) is 5.32 Å². The normalized spacial score (nSPS) is 12.3. The Labute approximate surface area is 146 Å². The molecule has 0 fully saturated rings. The van der Waals surface area contributed by atoms with E-state index >= 15 is 0 Å². The van der Waals surface area contributed by atoms with E-state index in [1.807, 2.05) is 31.2 Å². The molecule has 1 unspecified atom stereocenters. The van der Waals surface area contributed by atoms with E-state index in [1.54, 1.807) is 19.1 Å². The zero-order valence-electron chi connectivity index (χ0n) is 14.0. The highest BCUT2D eigenvalue weighted by Crippen LogP contribution is 2.38. The number of hydrogen-bond acceptors (Lipinski definition) is 3. The summed E-state index contributed by atoms with van der Waals surface area (Å²) in [6.07, 6.45) is 0. The molecule has 3 N–H and O–H groups in total. The van der Waals surface area contributed by atoms with Crippen molar-refractivity contribution >= 4 is 19.4 Å². The first-order valence-electron chi connectivity index (χ1n) is 7.57. The SMILES string of the molecule is C=C(C)C(=O)Nc1ccc(C(C)c2ccc(OP(=O)(O)O)cc2)cc1. The van der Waals surface area contributed by atoms with Gasteiger partial charge in [0.1, 0.15) is 5.75 Å². The number of anilines is 1. The monoisotopic (exact) mass is 361 g/mol. The largest absolute Gasteiger partial charge is 0.524 e. The van der Waals surface area contributed by atoms with E-state index in [0.717, 1.165) is 11.1 Å². The van der Waals surface area contributed by atoms with Crippen molar-refractivity contribution < 1.29 is 23.7 Å². The third kappa shape index (κ3) is 5.57. The highest BCUT2D eigenvalue weighted by atomic mass is 31.2. The highest BCUT2D eigenvalue weighted by Gasteiger charge is 2.16. The molecular formula is C18H20NO5P. The van der Waals surface area contributed by atoms with E-state index in [4.69, 9.17) is 9.79 Å². The molecule has 1 atom stereocenters. The summed E-state index contributed by atoms with van der Waals surface area (Å²) in [6, 6.07) is 14.0. The van der Waals surface area contributed by atoms with Crippen LogP contribution in [0.3, 0.4) is 0 Å². The van der Waals surface area contributed by atoms with Crippen molar-refractivity contribution in [3.05, 3.63) is 71.8 Å². The molecule has 2 aromatic rings. The Balaban J connectivity index is 2.09. The minimum atomic E-state index is -4.55. The minimum absolute atomic E-state index is 0.0648. The summed E-state index contributed by atoms with van der Waals surface area (Å²) >= 11 is 0. The van der Waals surface area contributed by atoms with Crippen molar-refractivity contribution in [2.45, 2.75) is 19.8 Å². The van der Waals surface area contributed by atoms with Gasteiger partial charge >= 0.3 is 7.82 Å². The van der Waals surface area contributed by atoms with E-state index < -0.39 is 7.82 Å². The van der Waals surface area contributed by atoms with Crippen LogP contribution in [0.1, 0.15) is 30.9 Å². The van der Waals surface area contributed by atoms with Gasteiger partial charge in [-0.1, -0.05) is 37.8 Å². The summed E-state index contributed by atoms with van der Waals surface area (Å²) in [7, 11) is -4.55. The number of amides is 1. The van der Waals surface area contributed by atoms with Crippen LogP contribution in [0.25, 0.3) is 0 Å². The van der Waals surface area contributed by atoms with Gasteiger partial charge in [-0.2, -0.15) is 0 Å². The van der Waals surface area contributed by atoms with E-state index in [0.29, 0.717) is 11.3 Å². The molecule has 0 heterocycles. The lowest BCUT2D eigenvalue weighted by atomic mass is 9.93. The van der Waals surface area contributed by atoms with E-state index in [1.165, 1.54) is 12.1 Å². The Kier molecular flexibility index (Phi) is 5.80. The summed E-state index contributed by atoms with van der Waals surface area (Å²) < 4.78 is 15.4. The summed E-state index contributed by atoms with van der Waals surface area (Å²) in [5.41, 5.74) is 3.14. The van der Waals surface area contributed by atoms with Crippen molar-refractivity contribution in [1.82, 2.24) is 0 Å². The average Bonchev–Trinajstić information content (AvgIpc) is 2.54. The molecule has 0 radical (unpaired) electrons. The Morgan fingerprint density at radius 2 is 1.56 bits per heavy atom. The maximum absolute atomic E-state index is 11.6. The van der Waals surface area contributed by atoms with Crippen LogP contribution in [0.15, 0.2) is 60.7 Å². The average molecular weight is 361 g/mol. The highest BCUT2D eigenvalue weighted by molar-refractivity contribution is 7.46. The molecule has 0 saturated heterocycles. The van der Waals surface area contributed by atoms with E-state index in [9.17, 15) is 9.36 Å². The zero-order valence-corrected chi connectivity index (χ0v) is 14.9. The second-order valence-electron chi connectivity index (χ2n) is 5.73. The first-order chi connectivity index (χ1) is 11.7. The molecule has 6 nitrogen and oxygen atoms in total. The van der Waals surface area contributed by atoms with Crippen molar-refractivity contribution in [1.29, 1.82) is 0 Å². The lowest BCUT2D eigenvalue weighted by Crippen LogP contribution is -2.11. The third-order valence-electron chi connectivity index (χ3n) is 3.66. The molecule has 0 saturated carbocycles. The first-order valence-corrected chi connectivity index (χ1v) is 9.10. The van der Waals surface area contributed by atoms with Gasteiger partial charge in [-0.05, 0) is 42.3 Å². The van der Waals surface area contributed by atoms with Crippen LogP contribution in [0, 0.1) is 0 Å². The smallest absolute Gasteiger partial charge is 0.404 e. The maximum Gasteiger partial charge on any atom is 0.524 e. The van der Waals surface area contributed by atoms with Crippen LogP contribution in [0.4, 0.5) is 5.69 Å². The fourth-order valence-electron chi connectivity index (χ4n) is 2.24. The fourth-order valence-corrected chi connectivity index (χ4v) is 2.64. The van der Waals surface area contributed by atoms with Crippen molar-refractivity contribution in [3.63, 3.8) is 0 Å². The second-order valence-corrected chi connectivity index (χ2v) is 6.89. The number of phosphoric ester groups is 1. The van der Waals surface area contributed by atoms with Gasteiger partial charge in [0.25, 0.3) is 5.91 Å². The number of nitrogens with one attached hydrogen (secondary N) is 1.